The van der Waals surface area contributed by atoms with Gasteiger partial charge in [0.15, 0.2) is 0 Å². The molecule has 0 aliphatic heterocycles. The first-order valence-electron chi connectivity index (χ1n) is 6.89. The average molecular weight is 256 g/mol. The molecule has 3 unspecified atom stereocenters. The fraction of sp³-hybridized carbons (Fsp3) is 1.00. The van der Waals surface area contributed by atoms with Crippen LogP contribution in [0.15, 0.2) is 0 Å². The molecule has 18 heavy (non-hydrogen) atoms. The van der Waals surface area contributed by atoms with Crippen molar-refractivity contribution in [2.75, 3.05) is 6.61 Å². The van der Waals surface area contributed by atoms with Crippen molar-refractivity contribution in [3.05, 3.63) is 5.21 Å². The van der Waals surface area contributed by atoms with Crippen LogP contribution in [0.4, 0.5) is 0 Å². The lowest BCUT2D eigenvalue weighted by molar-refractivity contribution is -0.160. The Morgan fingerprint density at radius 1 is 1.39 bits per heavy atom. The number of ether oxygens (including phenoxy) is 1. The number of hydrogen-bond acceptors (Lipinski definition) is 4. The van der Waals surface area contributed by atoms with Gasteiger partial charge in [-0.25, -0.2) is 0 Å². The van der Waals surface area contributed by atoms with Crippen LogP contribution < -0.4 is 0 Å². The molecule has 4 nitrogen and oxygen atoms in total. The molecule has 0 aromatic rings. The largest absolute Gasteiger partial charge is 0.762 e. The molecular weight excluding hydrogens is 230 g/mol. The summed E-state index contributed by atoms with van der Waals surface area (Å²) in [5.74, 6) is 0.730. The topological polar surface area (TPSA) is 55.8 Å². The zero-order chi connectivity index (χ0) is 13.8. The summed E-state index contributed by atoms with van der Waals surface area (Å²) in [7, 11) is 0. The second-order valence-corrected chi connectivity index (χ2v) is 7.50. The van der Waals surface area contributed by atoms with Gasteiger partial charge in [-0.05, 0) is 49.9 Å². The van der Waals surface area contributed by atoms with Gasteiger partial charge in [0.05, 0.1) is 18.2 Å². The van der Waals surface area contributed by atoms with Gasteiger partial charge in [0.25, 0.3) is 0 Å². The molecule has 3 atom stereocenters. The first kappa shape index (κ1) is 14.3. The first-order valence-corrected chi connectivity index (χ1v) is 6.89. The van der Waals surface area contributed by atoms with Gasteiger partial charge < -0.3 is 15.2 Å². The second kappa shape index (κ2) is 4.17. The summed E-state index contributed by atoms with van der Waals surface area (Å²) in [6.07, 6.45) is 3.80. The number of hydroxylamine groups is 2. The summed E-state index contributed by atoms with van der Waals surface area (Å²) in [6, 6.07) is 0. The molecule has 0 aromatic heterocycles. The highest BCUT2D eigenvalue weighted by molar-refractivity contribution is 5.11. The van der Waals surface area contributed by atoms with Crippen molar-refractivity contribution in [2.45, 2.75) is 65.5 Å². The molecule has 2 aliphatic carbocycles. The van der Waals surface area contributed by atoms with E-state index in [1.165, 1.54) is 12.8 Å². The van der Waals surface area contributed by atoms with Gasteiger partial charge in [0, 0.05) is 0 Å². The Kier molecular flexibility index (Phi) is 3.30. The van der Waals surface area contributed by atoms with Gasteiger partial charge in [0.1, 0.15) is 0 Å². The van der Waals surface area contributed by atoms with E-state index in [4.69, 9.17) is 9.94 Å². The molecule has 0 saturated heterocycles. The normalized spacial score (nSPS) is 38.7. The maximum atomic E-state index is 11.0. The van der Waals surface area contributed by atoms with Gasteiger partial charge in [0.2, 0.25) is 0 Å². The SMILES string of the molecule is CC(C)(COC1CC2CCC1(C)C2(C)C)N([O-])O. The summed E-state index contributed by atoms with van der Waals surface area (Å²) >= 11 is 0. The van der Waals surface area contributed by atoms with Gasteiger partial charge >= 0.3 is 0 Å². The number of fused-ring (bicyclic) bond motifs is 2. The van der Waals surface area contributed by atoms with E-state index >= 15 is 0 Å². The molecular formula is C14H26NO3-. The van der Waals surface area contributed by atoms with Crippen molar-refractivity contribution in [1.82, 2.24) is 5.23 Å². The minimum absolute atomic E-state index is 0.00762. The third kappa shape index (κ3) is 1.90. The van der Waals surface area contributed by atoms with Crippen LogP contribution in [0.3, 0.4) is 0 Å². The highest BCUT2D eigenvalue weighted by atomic mass is 16.8. The third-order valence-corrected chi connectivity index (χ3v) is 5.87. The van der Waals surface area contributed by atoms with Gasteiger partial charge in [-0.1, -0.05) is 20.8 Å². The minimum atomic E-state index is -0.873. The van der Waals surface area contributed by atoms with Gasteiger partial charge in [-0.15, -0.1) is 0 Å². The lowest BCUT2D eigenvalue weighted by Gasteiger charge is -2.42. The lowest BCUT2D eigenvalue weighted by Crippen LogP contribution is -2.45. The standard InChI is InChI=1S/C14H26NO3/c1-12(2,15(16)17)9-18-11-8-10-6-7-14(11,5)13(10,3)4/h10-11,16H,6-9H2,1-5H3/q-1. The molecule has 1 N–H and O–H groups in total. The fourth-order valence-electron chi connectivity index (χ4n) is 3.74. The quantitative estimate of drug-likeness (QED) is 0.785. The summed E-state index contributed by atoms with van der Waals surface area (Å²) in [4.78, 5) is 0. The molecule has 2 rings (SSSR count). The van der Waals surface area contributed by atoms with Crippen LogP contribution in [0.25, 0.3) is 0 Å². The summed E-state index contributed by atoms with van der Waals surface area (Å²) in [5.41, 5.74) is -0.350. The van der Waals surface area contributed by atoms with E-state index < -0.39 is 5.54 Å². The maximum Gasteiger partial charge on any atom is 0.0661 e. The van der Waals surface area contributed by atoms with Crippen LogP contribution >= 0.6 is 0 Å². The van der Waals surface area contributed by atoms with E-state index in [0.717, 1.165) is 12.3 Å². The first-order chi connectivity index (χ1) is 8.11. The Bertz CT molecular complexity index is 327. The van der Waals surface area contributed by atoms with E-state index in [1.807, 2.05) is 0 Å². The molecule has 4 heteroatoms. The van der Waals surface area contributed by atoms with Crippen LogP contribution in [0, 0.1) is 22.0 Å². The van der Waals surface area contributed by atoms with Crippen LogP contribution in [0.1, 0.15) is 53.9 Å². The van der Waals surface area contributed by atoms with Crippen molar-refractivity contribution in [3.63, 3.8) is 0 Å². The van der Waals surface area contributed by atoms with Crippen molar-refractivity contribution in [3.8, 4) is 0 Å². The Hall–Kier alpha value is -0.160. The van der Waals surface area contributed by atoms with E-state index in [1.54, 1.807) is 13.8 Å². The highest BCUT2D eigenvalue weighted by Crippen LogP contribution is 2.66. The Morgan fingerprint density at radius 3 is 2.39 bits per heavy atom. The van der Waals surface area contributed by atoms with E-state index in [2.05, 4.69) is 20.8 Å². The smallest absolute Gasteiger partial charge is 0.0661 e. The Balaban J connectivity index is 2.01. The Morgan fingerprint density at radius 2 is 2.00 bits per heavy atom. The summed E-state index contributed by atoms with van der Waals surface area (Å²) in [6.45, 7) is 10.7. The van der Waals surface area contributed by atoms with E-state index in [-0.39, 0.29) is 23.4 Å². The predicted molar refractivity (Wildman–Crippen MR) is 70.0 cm³/mol. The molecule has 106 valence electrons. The van der Waals surface area contributed by atoms with Crippen LogP contribution in [0.5, 0.6) is 0 Å². The summed E-state index contributed by atoms with van der Waals surface area (Å²) in [5, 5.41) is 20.1. The summed E-state index contributed by atoms with van der Waals surface area (Å²) < 4.78 is 6.00. The second-order valence-electron chi connectivity index (χ2n) is 7.50. The van der Waals surface area contributed by atoms with Crippen molar-refractivity contribution in [2.24, 2.45) is 16.7 Å². The zero-order valence-electron chi connectivity index (χ0n) is 12.2. The third-order valence-electron chi connectivity index (χ3n) is 5.87. The molecule has 0 spiro atoms. The van der Waals surface area contributed by atoms with Gasteiger partial charge in [-0.3, -0.25) is 5.23 Å². The van der Waals surface area contributed by atoms with Crippen LogP contribution in [-0.2, 0) is 4.74 Å². The molecule has 2 aliphatic rings. The molecule has 0 aromatic carbocycles. The number of rotatable bonds is 4. The van der Waals surface area contributed by atoms with Crippen molar-refractivity contribution < 1.29 is 9.94 Å². The van der Waals surface area contributed by atoms with Crippen LogP contribution in [0.2, 0.25) is 0 Å². The van der Waals surface area contributed by atoms with Crippen LogP contribution in [-0.4, -0.2) is 28.7 Å². The predicted octanol–water partition coefficient (Wildman–Crippen LogP) is 3.19. The monoisotopic (exact) mass is 256 g/mol. The molecule has 0 amide bonds. The minimum Gasteiger partial charge on any atom is -0.762 e. The average Bonchev–Trinajstić information content (AvgIpc) is 2.58. The maximum absolute atomic E-state index is 11.0. The molecule has 0 radical (unpaired) electrons. The van der Waals surface area contributed by atoms with Crippen molar-refractivity contribution >= 4 is 0 Å². The van der Waals surface area contributed by atoms with Crippen molar-refractivity contribution in [1.29, 1.82) is 0 Å². The molecule has 2 fully saturated rings. The van der Waals surface area contributed by atoms with E-state index in [0.29, 0.717) is 5.41 Å². The molecule has 2 saturated carbocycles. The van der Waals surface area contributed by atoms with E-state index in [9.17, 15) is 5.21 Å². The highest BCUT2D eigenvalue weighted by Gasteiger charge is 2.61. The molecule has 2 bridgehead atoms. The fourth-order valence-corrected chi connectivity index (χ4v) is 3.74. The zero-order valence-corrected chi connectivity index (χ0v) is 12.2. The number of hydrogen-bond donors (Lipinski definition) is 1. The molecule has 0 heterocycles. The Labute approximate surface area is 110 Å². The lowest BCUT2D eigenvalue weighted by atomic mass is 9.70. The number of nitrogens with zero attached hydrogens (tertiary/aromatic N) is 1. The van der Waals surface area contributed by atoms with Gasteiger partial charge in [-0.2, -0.15) is 0 Å².